The van der Waals surface area contributed by atoms with Gasteiger partial charge in [-0.05, 0) is 55.7 Å². The third-order valence-corrected chi connectivity index (χ3v) is 5.93. The Morgan fingerprint density at radius 1 is 1.03 bits per heavy atom. The predicted molar refractivity (Wildman–Crippen MR) is 126 cm³/mol. The van der Waals surface area contributed by atoms with Crippen LogP contribution in [0, 0.1) is 5.82 Å². The molecule has 7 nitrogen and oxygen atoms in total. The van der Waals surface area contributed by atoms with E-state index in [1.54, 1.807) is 29.7 Å². The Labute approximate surface area is 195 Å². The number of ether oxygens (including phenoxy) is 1. The number of anilines is 1. The lowest BCUT2D eigenvalue weighted by molar-refractivity contribution is -0.153. The number of pyridine rings is 1. The summed E-state index contributed by atoms with van der Waals surface area (Å²) in [5.74, 6) is -3.21. The van der Waals surface area contributed by atoms with E-state index in [0.29, 0.717) is 10.9 Å². The molecular formula is C26H25FN2O5. The van der Waals surface area contributed by atoms with Gasteiger partial charge in [-0.1, -0.05) is 12.1 Å². The van der Waals surface area contributed by atoms with Crippen LogP contribution in [0.2, 0.25) is 0 Å². The molecule has 0 saturated carbocycles. The molecule has 1 saturated heterocycles. The predicted octanol–water partition coefficient (Wildman–Crippen LogP) is 3.49. The van der Waals surface area contributed by atoms with Gasteiger partial charge in [0.25, 0.3) is 0 Å². The standard InChI is InChI=1S/C26H25FN2O5/c1-2-34-26(33)24(31)14-23(30)21-16-29(15-17-5-7-18(27)8-6-17)22-13-19(28-11-3-4-12-28)9-10-20(22)25(21)32/h5-10,13,16H,2-4,11-12,14-15H2,1H3. The van der Waals surface area contributed by atoms with Crippen molar-refractivity contribution in [3.8, 4) is 0 Å². The van der Waals surface area contributed by atoms with Crippen LogP contribution in [0.25, 0.3) is 10.9 Å². The number of aromatic nitrogens is 1. The van der Waals surface area contributed by atoms with Gasteiger partial charge in [-0.3, -0.25) is 14.4 Å². The van der Waals surface area contributed by atoms with Crippen molar-refractivity contribution >= 4 is 34.1 Å². The van der Waals surface area contributed by atoms with Crippen LogP contribution in [0.4, 0.5) is 10.1 Å². The van der Waals surface area contributed by atoms with Crippen LogP contribution in [-0.4, -0.2) is 41.8 Å². The van der Waals surface area contributed by atoms with Crippen molar-refractivity contribution in [2.45, 2.75) is 32.7 Å². The highest BCUT2D eigenvalue weighted by molar-refractivity contribution is 6.38. The molecule has 0 aliphatic carbocycles. The van der Waals surface area contributed by atoms with Crippen molar-refractivity contribution in [1.82, 2.24) is 4.57 Å². The zero-order chi connectivity index (χ0) is 24.2. The summed E-state index contributed by atoms with van der Waals surface area (Å²) in [4.78, 5) is 52.0. The first-order valence-electron chi connectivity index (χ1n) is 11.3. The summed E-state index contributed by atoms with van der Waals surface area (Å²) < 4.78 is 19.8. The van der Waals surface area contributed by atoms with E-state index in [1.165, 1.54) is 18.3 Å². The van der Waals surface area contributed by atoms with Crippen molar-refractivity contribution < 1.29 is 23.5 Å². The minimum absolute atomic E-state index is 0.0125. The Morgan fingerprint density at radius 2 is 1.74 bits per heavy atom. The highest BCUT2D eigenvalue weighted by Crippen LogP contribution is 2.25. The van der Waals surface area contributed by atoms with E-state index in [0.717, 1.165) is 37.2 Å². The molecule has 0 bridgehead atoms. The summed E-state index contributed by atoms with van der Waals surface area (Å²) in [5, 5.41) is 0.333. The second-order valence-corrected chi connectivity index (χ2v) is 8.27. The average molecular weight is 464 g/mol. The Morgan fingerprint density at radius 3 is 2.41 bits per heavy atom. The van der Waals surface area contributed by atoms with Gasteiger partial charge in [-0.2, -0.15) is 0 Å². The number of Topliss-reactive ketones (excluding diaryl/α,β-unsaturated/α-hetero) is 2. The Balaban J connectivity index is 1.78. The van der Waals surface area contributed by atoms with Gasteiger partial charge < -0.3 is 14.2 Å². The number of rotatable bonds is 8. The fraction of sp³-hybridized carbons (Fsp3) is 0.308. The summed E-state index contributed by atoms with van der Waals surface area (Å²) >= 11 is 0. The van der Waals surface area contributed by atoms with E-state index < -0.39 is 29.4 Å². The Kier molecular flexibility index (Phi) is 6.86. The minimum Gasteiger partial charge on any atom is -0.460 e. The molecular weight excluding hydrogens is 439 g/mol. The minimum atomic E-state index is -1.10. The van der Waals surface area contributed by atoms with Crippen LogP contribution in [0.15, 0.2) is 53.5 Å². The second kappa shape index (κ2) is 9.99. The van der Waals surface area contributed by atoms with Crippen LogP contribution >= 0.6 is 0 Å². The van der Waals surface area contributed by atoms with Crippen LogP contribution in [0.1, 0.15) is 42.1 Å². The third kappa shape index (κ3) is 4.90. The van der Waals surface area contributed by atoms with Gasteiger partial charge in [-0.25, -0.2) is 9.18 Å². The molecule has 1 aliphatic rings. The smallest absolute Gasteiger partial charge is 0.375 e. The summed E-state index contributed by atoms with van der Waals surface area (Å²) in [6.45, 7) is 3.71. The van der Waals surface area contributed by atoms with Gasteiger partial charge in [0.1, 0.15) is 5.82 Å². The van der Waals surface area contributed by atoms with E-state index in [9.17, 15) is 23.6 Å². The number of hydrogen-bond donors (Lipinski definition) is 0. The fourth-order valence-electron chi connectivity index (χ4n) is 4.19. The maximum absolute atomic E-state index is 13.4. The first-order valence-corrected chi connectivity index (χ1v) is 11.3. The summed E-state index contributed by atoms with van der Waals surface area (Å²) in [6.07, 6.45) is 2.87. The highest BCUT2D eigenvalue weighted by atomic mass is 19.1. The number of hydrogen-bond acceptors (Lipinski definition) is 6. The monoisotopic (exact) mass is 464 g/mol. The first kappa shape index (κ1) is 23.4. The van der Waals surface area contributed by atoms with E-state index >= 15 is 0 Å². The molecule has 0 radical (unpaired) electrons. The van der Waals surface area contributed by atoms with Crippen molar-refractivity contribution in [3.05, 3.63) is 75.8 Å². The normalized spacial score (nSPS) is 13.3. The van der Waals surface area contributed by atoms with Gasteiger partial charge in [0, 0.05) is 36.9 Å². The quantitative estimate of drug-likeness (QED) is 0.220. The first-order chi connectivity index (χ1) is 16.4. The lowest BCUT2D eigenvalue weighted by Gasteiger charge is -2.20. The maximum Gasteiger partial charge on any atom is 0.375 e. The lowest BCUT2D eigenvalue weighted by Crippen LogP contribution is -2.25. The zero-order valence-corrected chi connectivity index (χ0v) is 18.9. The molecule has 2 heterocycles. The number of benzene rings is 2. The lowest BCUT2D eigenvalue weighted by atomic mass is 10.0. The second-order valence-electron chi connectivity index (χ2n) is 8.27. The van der Waals surface area contributed by atoms with Crippen molar-refractivity contribution in [3.63, 3.8) is 0 Å². The molecule has 0 unspecified atom stereocenters. The van der Waals surface area contributed by atoms with Crippen molar-refractivity contribution in [2.75, 3.05) is 24.6 Å². The molecule has 1 fully saturated rings. The average Bonchev–Trinajstić information content (AvgIpc) is 3.37. The maximum atomic E-state index is 13.4. The molecule has 1 aliphatic heterocycles. The molecule has 8 heteroatoms. The molecule has 176 valence electrons. The largest absolute Gasteiger partial charge is 0.460 e. The van der Waals surface area contributed by atoms with E-state index in [-0.39, 0.29) is 24.5 Å². The van der Waals surface area contributed by atoms with E-state index in [1.807, 2.05) is 12.1 Å². The van der Waals surface area contributed by atoms with Crippen LogP contribution in [-0.2, 0) is 20.9 Å². The van der Waals surface area contributed by atoms with Crippen LogP contribution in [0.3, 0.4) is 0 Å². The summed E-state index contributed by atoms with van der Waals surface area (Å²) in [7, 11) is 0. The third-order valence-electron chi connectivity index (χ3n) is 5.93. The van der Waals surface area contributed by atoms with Crippen LogP contribution in [0.5, 0.6) is 0 Å². The highest BCUT2D eigenvalue weighted by Gasteiger charge is 2.24. The summed E-state index contributed by atoms with van der Waals surface area (Å²) in [6, 6.07) is 11.4. The van der Waals surface area contributed by atoms with Gasteiger partial charge in [0.15, 0.2) is 11.2 Å². The Hall–Kier alpha value is -3.81. The molecule has 1 aromatic heterocycles. The number of carbonyl (C=O) groups excluding carboxylic acids is 3. The van der Waals surface area contributed by atoms with Gasteiger partial charge in [-0.15, -0.1) is 0 Å². The Bertz CT molecular complexity index is 1310. The number of halogens is 1. The van der Waals surface area contributed by atoms with Crippen molar-refractivity contribution in [1.29, 1.82) is 0 Å². The van der Waals surface area contributed by atoms with E-state index in [4.69, 9.17) is 0 Å². The molecule has 4 rings (SSSR count). The van der Waals surface area contributed by atoms with Crippen molar-refractivity contribution in [2.24, 2.45) is 0 Å². The van der Waals surface area contributed by atoms with E-state index in [2.05, 4.69) is 9.64 Å². The topological polar surface area (TPSA) is 85.7 Å². The van der Waals surface area contributed by atoms with Gasteiger partial charge >= 0.3 is 5.97 Å². The number of nitrogens with zero attached hydrogens (tertiary/aromatic N) is 2. The zero-order valence-electron chi connectivity index (χ0n) is 18.9. The summed E-state index contributed by atoms with van der Waals surface area (Å²) in [5.41, 5.74) is 1.71. The molecule has 3 aromatic rings. The molecule has 0 amide bonds. The number of ketones is 2. The van der Waals surface area contributed by atoms with Gasteiger partial charge in [0.2, 0.25) is 5.78 Å². The van der Waals surface area contributed by atoms with Gasteiger partial charge in [0.05, 0.1) is 24.1 Å². The molecule has 34 heavy (non-hydrogen) atoms. The fourth-order valence-corrected chi connectivity index (χ4v) is 4.19. The number of esters is 1. The molecule has 0 atom stereocenters. The van der Waals surface area contributed by atoms with Crippen LogP contribution < -0.4 is 10.3 Å². The number of carbonyl (C=O) groups is 3. The number of fused-ring (bicyclic) bond motifs is 1. The molecule has 0 N–H and O–H groups in total. The molecule has 2 aromatic carbocycles. The SMILES string of the molecule is CCOC(=O)C(=O)CC(=O)c1cn(Cc2ccc(F)cc2)c2cc(N3CCCC3)ccc2c1=O. The molecule has 0 spiro atoms.